The molecule has 1 heterocycles. The summed E-state index contributed by atoms with van der Waals surface area (Å²) in [6, 6.07) is 5.44. The molecule has 2 aromatic rings. The van der Waals surface area contributed by atoms with Crippen molar-refractivity contribution >= 4 is 27.7 Å². The van der Waals surface area contributed by atoms with Crippen molar-refractivity contribution in [1.29, 1.82) is 0 Å². The number of nitrogens with two attached hydrogens (primary N) is 1. The van der Waals surface area contributed by atoms with Gasteiger partial charge >= 0.3 is 0 Å². The Bertz CT molecular complexity index is 684. The number of benzene rings is 1. The van der Waals surface area contributed by atoms with Crippen molar-refractivity contribution in [3.05, 3.63) is 29.5 Å². The molecule has 7 nitrogen and oxygen atoms in total. The molecule has 0 fully saturated rings. The van der Waals surface area contributed by atoms with Gasteiger partial charge in [0.05, 0.1) is 4.90 Å². The highest BCUT2D eigenvalue weighted by Gasteiger charge is 2.12. The third kappa shape index (κ3) is 2.73. The molecule has 2 rings (SSSR count). The van der Waals surface area contributed by atoms with E-state index in [2.05, 4.69) is 15.0 Å². The standard InChI is InChI=1S/C9H7ClN4O3S/c10-8-12-7(13-9(11)14-8)5-2-1-3-6(4-5)18(15,16)17/h1-4H,(H,15,16,17)(H2,11,12,13,14). The van der Waals surface area contributed by atoms with E-state index in [1.54, 1.807) is 6.07 Å². The molecule has 1 aromatic carbocycles. The molecular weight excluding hydrogens is 280 g/mol. The van der Waals surface area contributed by atoms with E-state index in [0.29, 0.717) is 5.56 Å². The van der Waals surface area contributed by atoms with Crippen LogP contribution in [0, 0.1) is 0 Å². The van der Waals surface area contributed by atoms with Crippen LogP contribution in [0.4, 0.5) is 5.95 Å². The predicted octanol–water partition coefficient (Wildman–Crippen LogP) is 1.02. The topological polar surface area (TPSA) is 119 Å². The SMILES string of the molecule is Nc1nc(Cl)nc(-c2cccc(S(=O)(=O)O)c2)n1. The average Bonchev–Trinajstić information content (AvgIpc) is 2.27. The molecule has 1 aromatic heterocycles. The van der Waals surface area contributed by atoms with E-state index in [0.717, 1.165) is 0 Å². The Kier molecular flexibility index (Phi) is 3.16. The Labute approximate surface area is 107 Å². The van der Waals surface area contributed by atoms with Crippen LogP contribution in [-0.2, 0) is 10.1 Å². The minimum absolute atomic E-state index is 0.0812. The summed E-state index contributed by atoms with van der Waals surface area (Å²) in [4.78, 5) is 11.0. The lowest BCUT2D eigenvalue weighted by atomic mass is 10.2. The highest BCUT2D eigenvalue weighted by Crippen LogP contribution is 2.20. The summed E-state index contributed by atoms with van der Waals surface area (Å²) in [5, 5.41) is -0.102. The fraction of sp³-hybridized carbons (Fsp3) is 0. The first-order chi connectivity index (χ1) is 8.36. The summed E-state index contributed by atoms with van der Waals surface area (Å²) in [5.74, 6) is 0.0419. The summed E-state index contributed by atoms with van der Waals surface area (Å²) >= 11 is 5.62. The number of aromatic nitrogens is 3. The van der Waals surface area contributed by atoms with Gasteiger partial charge in [-0.05, 0) is 23.7 Å². The van der Waals surface area contributed by atoms with Crippen molar-refractivity contribution in [2.45, 2.75) is 4.90 Å². The molecule has 94 valence electrons. The van der Waals surface area contributed by atoms with Crippen molar-refractivity contribution in [3.63, 3.8) is 0 Å². The van der Waals surface area contributed by atoms with Crippen LogP contribution in [0.2, 0.25) is 5.28 Å². The Morgan fingerprint density at radius 2 is 1.94 bits per heavy atom. The van der Waals surface area contributed by atoms with Crippen molar-refractivity contribution in [2.75, 3.05) is 5.73 Å². The fourth-order valence-electron chi connectivity index (χ4n) is 1.29. The highest BCUT2D eigenvalue weighted by molar-refractivity contribution is 7.85. The van der Waals surface area contributed by atoms with Gasteiger partial charge in [-0.15, -0.1) is 0 Å². The Balaban J connectivity index is 2.58. The van der Waals surface area contributed by atoms with E-state index in [4.69, 9.17) is 21.9 Å². The maximum Gasteiger partial charge on any atom is 0.294 e. The number of nitrogens with zero attached hydrogens (tertiary/aromatic N) is 3. The summed E-state index contributed by atoms with van der Waals surface area (Å²) in [7, 11) is -4.29. The van der Waals surface area contributed by atoms with Crippen LogP contribution in [0.5, 0.6) is 0 Å². The molecule has 0 aliphatic carbocycles. The van der Waals surface area contributed by atoms with Gasteiger partial charge in [-0.1, -0.05) is 12.1 Å². The largest absolute Gasteiger partial charge is 0.368 e. The quantitative estimate of drug-likeness (QED) is 0.791. The van der Waals surface area contributed by atoms with E-state index in [9.17, 15) is 8.42 Å². The zero-order valence-corrected chi connectivity index (χ0v) is 10.4. The Morgan fingerprint density at radius 3 is 2.56 bits per heavy atom. The fourth-order valence-corrected chi connectivity index (χ4v) is 1.98. The van der Waals surface area contributed by atoms with E-state index < -0.39 is 10.1 Å². The van der Waals surface area contributed by atoms with Crippen molar-refractivity contribution < 1.29 is 13.0 Å². The molecule has 0 radical (unpaired) electrons. The monoisotopic (exact) mass is 286 g/mol. The number of rotatable bonds is 2. The summed E-state index contributed by atoms with van der Waals surface area (Å²) < 4.78 is 30.9. The molecule has 3 N–H and O–H groups in total. The molecule has 0 aliphatic rings. The van der Waals surface area contributed by atoms with Crippen molar-refractivity contribution in [3.8, 4) is 11.4 Å². The number of hydrogen-bond donors (Lipinski definition) is 2. The number of halogens is 1. The first-order valence-corrected chi connectivity index (χ1v) is 6.43. The van der Waals surface area contributed by atoms with Gasteiger partial charge < -0.3 is 5.73 Å². The minimum atomic E-state index is -4.29. The molecule has 0 atom stereocenters. The maximum absolute atomic E-state index is 11.0. The van der Waals surface area contributed by atoms with Gasteiger partial charge in [0.25, 0.3) is 10.1 Å². The molecule has 0 bridgehead atoms. The van der Waals surface area contributed by atoms with Crippen molar-refractivity contribution in [1.82, 2.24) is 15.0 Å². The van der Waals surface area contributed by atoms with Gasteiger partial charge in [0.2, 0.25) is 11.2 Å². The highest BCUT2D eigenvalue weighted by atomic mass is 35.5. The van der Waals surface area contributed by atoms with Crippen LogP contribution in [0.25, 0.3) is 11.4 Å². The van der Waals surface area contributed by atoms with Crippen LogP contribution < -0.4 is 5.73 Å². The zero-order valence-electron chi connectivity index (χ0n) is 8.78. The Morgan fingerprint density at radius 1 is 1.22 bits per heavy atom. The average molecular weight is 287 g/mol. The van der Waals surface area contributed by atoms with Gasteiger partial charge in [0, 0.05) is 5.56 Å². The predicted molar refractivity (Wildman–Crippen MR) is 64.5 cm³/mol. The minimum Gasteiger partial charge on any atom is -0.368 e. The second-order valence-corrected chi connectivity index (χ2v) is 5.05. The third-order valence-electron chi connectivity index (χ3n) is 2.02. The molecule has 0 aliphatic heterocycles. The molecule has 0 saturated carbocycles. The van der Waals surface area contributed by atoms with Crippen LogP contribution in [0.1, 0.15) is 0 Å². The molecule has 0 amide bonds. The number of anilines is 1. The molecule has 0 saturated heterocycles. The molecular formula is C9H7ClN4O3S. The normalized spacial score (nSPS) is 11.4. The first-order valence-electron chi connectivity index (χ1n) is 4.61. The maximum atomic E-state index is 11.0. The lowest BCUT2D eigenvalue weighted by Crippen LogP contribution is -2.01. The van der Waals surface area contributed by atoms with Crippen molar-refractivity contribution in [2.24, 2.45) is 0 Å². The molecule has 0 unspecified atom stereocenters. The van der Waals surface area contributed by atoms with E-state index in [1.807, 2.05) is 0 Å². The zero-order chi connectivity index (χ0) is 13.3. The van der Waals surface area contributed by atoms with Crippen LogP contribution >= 0.6 is 11.6 Å². The van der Waals surface area contributed by atoms with Gasteiger partial charge in [-0.3, -0.25) is 4.55 Å². The number of nitrogen functional groups attached to an aromatic ring is 1. The second kappa shape index (κ2) is 4.48. The van der Waals surface area contributed by atoms with E-state index in [1.165, 1.54) is 18.2 Å². The smallest absolute Gasteiger partial charge is 0.294 e. The number of hydrogen-bond acceptors (Lipinski definition) is 6. The molecule has 9 heteroatoms. The summed E-state index contributed by atoms with van der Waals surface area (Å²) in [6.07, 6.45) is 0. The van der Waals surface area contributed by atoms with Crippen LogP contribution in [-0.4, -0.2) is 27.9 Å². The lowest BCUT2D eigenvalue weighted by molar-refractivity contribution is 0.483. The summed E-state index contributed by atoms with van der Waals surface area (Å²) in [5.41, 5.74) is 5.75. The van der Waals surface area contributed by atoms with Gasteiger partial charge in [-0.2, -0.15) is 23.4 Å². The van der Waals surface area contributed by atoms with Crippen LogP contribution in [0.3, 0.4) is 0 Å². The summed E-state index contributed by atoms with van der Waals surface area (Å²) in [6.45, 7) is 0. The van der Waals surface area contributed by atoms with Crippen LogP contribution in [0.15, 0.2) is 29.2 Å². The van der Waals surface area contributed by atoms with Gasteiger partial charge in [0.15, 0.2) is 5.82 Å². The van der Waals surface area contributed by atoms with Gasteiger partial charge in [0.1, 0.15) is 0 Å². The van der Waals surface area contributed by atoms with E-state index in [-0.39, 0.29) is 22.0 Å². The first kappa shape index (κ1) is 12.7. The Hall–Kier alpha value is -1.77. The van der Waals surface area contributed by atoms with Gasteiger partial charge in [-0.25, -0.2) is 0 Å². The third-order valence-corrected chi connectivity index (χ3v) is 3.03. The second-order valence-electron chi connectivity index (χ2n) is 3.29. The molecule has 0 spiro atoms. The lowest BCUT2D eigenvalue weighted by Gasteiger charge is -2.03. The molecule has 18 heavy (non-hydrogen) atoms. The van der Waals surface area contributed by atoms with E-state index >= 15 is 0 Å².